The second kappa shape index (κ2) is 5.82. The van der Waals surface area contributed by atoms with Gasteiger partial charge in [0.1, 0.15) is 0 Å². The van der Waals surface area contributed by atoms with E-state index in [1.165, 1.54) is 6.92 Å². The van der Waals surface area contributed by atoms with Gasteiger partial charge in [0.15, 0.2) is 11.5 Å². The molecule has 0 heterocycles. The molecular weight excluding hydrogens is 232 g/mol. The Hall–Kier alpha value is -2.36. The lowest BCUT2D eigenvalue weighted by Crippen LogP contribution is -2.11. The van der Waals surface area contributed by atoms with E-state index >= 15 is 0 Å². The predicted molar refractivity (Wildman–Crippen MR) is 67.5 cm³/mol. The van der Waals surface area contributed by atoms with Gasteiger partial charge >= 0.3 is 11.9 Å². The SMILES string of the molecule is C=CC(=O)Oc1cc(C)ccc1OC(=O)C(=C)C. The lowest BCUT2D eigenvalue weighted by molar-refractivity contribution is -0.132. The Balaban J connectivity index is 3.03. The van der Waals surface area contributed by atoms with Crippen molar-refractivity contribution in [3.8, 4) is 11.5 Å². The standard InChI is InChI=1S/C14H14O4/c1-5-13(15)17-12-8-10(4)6-7-11(12)18-14(16)9(2)3/h5-8H,1-2H2,3-4H3. The highest BCUT2D eigenvalue weighted by molar-refractivity contribution is 5.89. The van der Waals surface area contributed by atoms with Crippen LogP contribution in [0.1, 0.15) is 12.5 Å². The van der Waals surface area contributed by atoms with Crippen LogP contribution in [0, 0.1) is 6.92 Å². The van der Waals surface area contributed by atoms with Crippen molar-refractivity contribution in [3.63, 3.8) is 0 Å². The van der Waals surface area contributed by atoms with Gasteiger partial charge in [-0.3, -0.25) is 0 Å². The second-order valence-electron chi connectivity index (χ2n) is 3.75. The van der Waals surface area contributed by atoms with Crippen molar-refractivity contribution in [2.24, 2.45) is 0 Å². The molecule has 0 aliphatic rings. The van der Waals surface area contributed by atoms with Gasteiger partial charge in [-0.2, -0.15) is 0 Å². The lowest BCUT2D eigenvalue weighted by Gasteiger charge is -2.10. The van der Waals surface area contributed by atoms with Crippen LogP contribution in [-0.4, -0.2) is 11.9 Å². The first kappa shape index (κ1) is 13.7. The minimum atomic E-state index is -0.617. The van der Waals surface area contributed by atoms with Crippen LogP contribution in [0.4, 0.5) is 0 Å². The molecule has 0 saturated carbocycles. The van der Waals surface area contributed by atoms with Crippen LogP contribution in [-0.2, 0) is 9.59 Å². The summed E-state index contributed by atoms with van der Waals surface area (Å²) in [5.74, 6) is -0.846. The fourth-order valence-electron chi connectivity index (χ4n) is 1.12. The van der Waals surface area contributed by atoms with Crippen LogP contribution in [0.25, 0.3) is 0 Å². The molecule has 4 heteroatoms. The Morgan fingerprint density at radius 3 is 2.44 bits per heavy atom. The van der Waals surface area contributed by atoms with Crippen LogP contribution in [0.2, 0.25) is 0 Å². The third kappa shape index (κ3) is 3.59. The van der Waals surface area contributed by atoms with E-state index in [1.54, 1.807) is 18.2 Å². The fraction of sp³-hybridized carbons (Fsp3) is 0.143. The zero-order valence-corrected chi connectivity index (χ0v) is 10.4. The maximum Gasteiger partial charge on any atom is 0.338 e. The number of ether oxygens (including phenoxy) is 2. The molecule has 0 aromatic heterocycles. The van der Waals surface area contributed by atoms with Crippen molar-refractivity contribution in [1.29, 1.82) is 0 Å². The average Bonchev–Trinajstić information content (AvgIpc) is 2.32. The Labute approximate surface area is 106 Å². The van der Waals surface area contributed by atoms with Crippen molar-refractivity contribution < 1.29 is 19.1 Å². The number of rotatable bonds is 4. The fourth-order valence-corrected chi connectivity index (χ4v) is 1.12. The van der Waals surface area contributed by atoms with Crippen molar-refractivity contribution in [1.82, 2.24) is 0 Å². The molecule has 0 spiro atoms. The van der Waals surface area contributed by atoms with Crippen LogP contribution >= 0.6 is 0 Å². The van der Waals surface area contributed by atoms with E-state index in [9.17, 15) is 9.59 Å². The Morgan fingerprint density at radius 1 is 1.22 bits per heavy atom. The maximum atomic E-state index is 11.4. The molecule has 0 saturated heterocycles. The van der Waals surface area contributed by atoms with Crippen LogP contribution in [0.5, 0.6) is 11.5 Å². The predicted octanol–water partition coefficient (Wildman–Crippen LogP) is 2.57. The van der Waals surface area contributed by atoms with Crippen LogP contribution in [0.3, 0.4) is 0 Å². The van der Waals surface area contributed by atoms with E-state index < -0.39 is 11.9 Å². The molecule has 0 aliphatic heterocycles. The number of benzene rings is 1. The average molecular weight is 246 g/mol. The summed E-state index contributed by atoms with van der Waals surface area (Å²) in [6.45, 7) is 10.1. The summed E-state index contributed by atoms with van der Waals surface area (Å²) >= 11 is 0. The molecule has 0 atom stereocenters. The van der Waals surface area contributed by atoms with Crippen molar-refractivity contribution in [3.05, 3.63) is 48.6 Å². The molecule has 0 unspecified atom stereocenters. The first-order chi connectivity index (χ1) is 8.43. The van der Waals surface area contributed by atoms with E-state index in [1.807, 2.05) is 6.92 Å². The number of hydrogen-bond donors (Lipinski definition) is 0. The molecule has 0 aliphatic carbocycles. The number of hydrogen-bond acceptors (Lipinski definition) is 4. The summed E-state index contributed by atoms with van der Waals surface area (Å²) in [6.07, 6.45) is 1.03. The number of carbonyl (C=O) groups is 2. The molecule has 94 valence electrons. The normalized spacial score (nSPS) is 9.44. The third-order valence-corrected chi connectivity index (χ3v) is 2.03. The Morgan fingerprint density at radius 2 is 1.89 bits per heavy atom. The van der Waals surface area contributed by atoms with E-state index in [4.69, 9.17) is 9.47 Å². The van der Waals surface area contributed by atoms with Gasteiger partial charge in [0.05, 0.1) is 0 Å². The van der Waals surface area contributed by atoms with Gasteiger partial charge in [-0.15, -0.1) is 0 Å². The summed E-state index contributed by atoms with van der Waals surface area (Å²) in [5.41, 5.74) is 1.13. The van der Waals surface area contributed by atoms with Gasteiger partial charge < -0.3 is 9.47 Å². The zero-order valence-electron chi connectivity index (χ0n) is 10.4. The summed E-state index contributed by atoms with van der Waals surface area (Å²) in [4.78, 5) is 22.6. The molecule has 0 radical (unpaired) electrons. The third-order valence-electron chi connectivity index (χ3n) is 2.03. The maximum absolute atomic E-state index is 11.4. The molecule has 1 rings (SSSR count). The summed E-state index contributed by atoms with van der Waals surface area (Å²) in [7, 11) is 0. The molecule has 1 aromatic carbocycles. The van der Waals surface area contributed by atoms with Crippen LogP contribution < -0.4 is 9.47 Å². The molecule has 1 aromatic rings. The van der Waals surface area contributed by atoms with Crippen molar-refractivity contribution >= 4 is 11.9 Å². The molecule has 18 heavy (non-hydrogen) atoms. The molecule has 0 fully saturated rings. The molecular formula is C14H14O4. The summed E-state index contributed by atoms with van der Waals surface area (Å²) in [5, 5.41) is 0. The Kier molecular flexibility index (Phi) is 4.43. The Bertz CT molecular complexity index is 515. The van der Waals surface area contributed by atoms with Crippen LogP contribution in [0.15, 0.2) is 43.0 Å². The van der Waals surface area contributed by atoms with E-state index in [0.717, 1.165) is 11.6 Å². The number of carbonyl (C=O) groups excluding carboxylic acids is 2. The first-order valence-electron chi connectivity index (χ1n) is 5.26. The van der Waals surface area contributed by atoms with Crippen molar-refractivity contribution in [2.75, 3.05) is 0 Å². The summed E-state index contributed by atoms with van der Waals surface area (Å²) in [6, 6.07) is 4.90. The largest absolute Gasteiger partial charge is 0.419 e. The zero-order chi connectivity index (χ0) is 13.7. The monoisotopic (exact) mass is 246 g/mol. The van der Waals surface area contributed by atoms with E-state index in [-0.39, 0.29) is 17.1 Å². The van der Waals surface area contributed by atoms with E-state index in [0.29, 0.717) is 0 Å². The van der Waals surface area contributed by atoms with Gasteiger partial charge in [-0.05, 0) is 31.5 Å². The highest BCUT2D eigenvalue weighted by Gasteiger charge is 2.13. The number of aryl methyl sites for hydroxylation is 1. The van der Waals surface area contributed by atoms with E-state index in [2.05, 4.69) is 13.2 Å². The molecule has 0 N–H and O–H groups in total. The lowest BCUT2D eigenvalue weighted by atomic mass is 10.2. The smallest absolute Gasteiger partial charge is 0.338 e. The molecule has 0 bridgehead atoms. The molecule has 4 nitrogen and oxygen atoms in total. The van der Waals surface area contributed by atoms with Crippen molar-refractivity contribution in [2.45, 2.75) is 13.8 Å². The quantitative estimate of drug-likeness (QED) is 0.465. The summed E-state index contributed by atoms with van der Waals surface area (Å²) < 4.78 is 10.0. The first-order valence-corrected chi connectivity index (χ1v) is 5.26. The minimum absolute atomic E-state index is 0.170. The van der Waals surface area contributed by atoms with Gasteiger partial charge in [-0.1, -0.05) is 19.2 Å². The second-order valence-corrected chi connectivity index (χ2v) is 3.75. The molecule has 0 amide bonds. The van der Waals surface area contributed by atoms with Gasteiger partial charge in [0, 0.05) is 11.6 Å². The number of esters is 2. The van der Waals surface area contributed by atoms with Gasteiger partial charge in [-0.25, -0.2) is 9.59 Å². The minimum Gasteiger partial charge on any atom is -0.419 e. The van der Waals surface area contributed by atoms with Gasteiger partial charge in [0.2, 0.25) is 0 Å². The topological polar surface area (TPSA) is 52.6 Å². The van der Waals surface area contributed by atoms with Gasteiger partial charge in [0.25, 0.3) is 0 Å². The highest BCUT2D eigenvalue weighted by atomic mass is 16.6. The highest BCUT2D eigenvalue weighted by Crippen LogP contribution is 2.29.